The van der Waals surface area contributed by atoms with Crippen molar-refractivity contribution in [1.29, 1.82) is 0 Å². The first-order chi connectivity index (χ1) is 22.4. The Bertz CT molecular complexity index is 2460. The van der Waals surface area contributed by atoms with Gasteiger partial charge >= 0.3 is 29.6 Å². The molecule has 6 rings (SSSR count). The second-order valence-corrected chi connectivity index (χ2v) is 13.3. The van der Waals surface area contributed by atoms with E-state index in [0.717, 1.165) is 23.4 Å². The van der Waals surface area contributed by atoms with Crippen molar-refractivity contribution >= 4 is 75.9 Å². The molecule has 0 unspecified atom stereocenters. The number of benzene rings is 6. The second kappa shape index (κ2) is 13.9. The van der Waals surface area contributed by atoms with Crippen molar-refractivity contribution in [3.8, 4) is 5.75 Å². The number of para-hydroxylation sites is 1. The Morgan fingerprint density at radius 2 is 1.25 bits per heavy atom. The first-order valence-corrected chi connectivity index (χ1v) is 16.8. The second-order valence-electron chi connectivity index (χ2n) is 10.5. The minimum absolute atomic E-state index is 0. The predicted octanol–water partition coefficient (Wildman–Crippen LogP) is 6.08. The van der Waals surface area contributed by atoms with E-state index in [9.17, 15) is 31.0 Å². The molecule has 48 heavy (non-hydrogen) atoms. The van der Waals surface area contributed by atoms with Gasteiger partial charge in [-0.05, 0) is 85.1 Å². The number of aryl methyl sites for hydroxylation is 1. The van der Waals surface area contributed by atoms with Crippen LogP contribution in [0, 0.1) is 6.92 Å². The zero-order valence-corrected chi connectivity index (χ0v) is 29.1. The van der Waals surface area contributed by atoms with Crippen molar-refractivity contribution in [2.45, 2.75) is 16.7 Å². The Balaban J connectivity index is 0.00000451. The van der Waals surface area contributed by atoms with E-state index in [1.807, 2.05) is 49.4 Å². The van der Waals surface area contributed by atoms with Crippen molar-refractivity contribution < 1.29 is 60.6 Å². The van der Waals surface area contributed by atoms with Crippen LogP contribution in [0.25, 0.3) is 21.5 Å². The Morgan fingerprint density at radius 3 is 1.92 bits per heavy atom. The van der Waals surface area contributed by atoms with E-state index < -0.39 is 41.5 Å². The van der Waals surface area contributed by atoms with Gasteiger partial charge in [-0.1, -0.05) is 42.0 Å². The third-order valence-electron chi connectivity index (χ3n) is 7.20. The molecule has 0 saturated heterocycles. The fourth-order valence-corrected chi connectivity index (χ4v) is 6.03. The quantitative estimate of drug-likeness (QED) is 0.0839. The largest absolute Gasteiger partial charge is 1.00 e. The number of hydrogen-bond acceptors (Lipinski definition) is 10. The zero-order chi connectivity index (χ0) is 33.3. The Morgan fingerprint density at radius 1 is 0.604 bits per heavy atom. The van der Waals surface area contributed by atoms with Crippen LogP contribution >= 0.6 is 0 Å². The molecule has 0 amide bonds. The predicted molar refractivity (Wildman–Crippen MR) is 178 cm³/mol. The first-order valence-electron chi connectivity index (χ1n) is 13.9. The molecule has 236 valence electrons. The van der Waals surface area contributed by atoms with Crippen molar-refractivity contribution in [2.24, 2.45) is 20.5 Å². The van der Waals surface area contributed by atoms with Gasteiger partial charge in [-0.15, -0.1) is 15.3 Å². The minimum Gasteiger partial charge on any atom is -0.505 e. The maximum atomic E-state index is 12.5. The van der Waals surface area contributed by atoms with Crippen molar-refractivity contribution in [3.05, 3.63) is 115 Å². The van der Waals surface area contributed by atoms with Gasteiger partial charge in [0.25, 0.3) is 20.2 Å². The molecule has 6 aromatic rings. The van der Waals surface area contributed by atoms with Gasteiger partial charge in [-0.3, -0.25) is 9.11 Å². The van der Waals surface area contributed by atoms with Gasteiger partial charge < -0.3 is 10.4 Å². The summed E-state index contributed by atoms with van der Waals surface area (Å²) in [6, 6.07) is 29.3. The summed E-state index contributed by atoms with van der Waals surface area (Å²) in [5.41, 5.74) is 2.85. The van der Waals surface area contributed by atoms with E-state index >= 15 is 0 Å². The van der Waals surface area contributed by atoms with Crippen LogP contribution in [0.5, 0.6) is 5.75 Å². The average molecular weight is 691 g/mol. The zero-order valence-electron chi connectivity index (χ0n) is 25.5. The summed E-state index contributed by atoms with van der Waals surface area (Å²) in [6.07, 6.45) is 0. The topological polar surface area (TPSA) is 190 Å². The van der Waals surface area contributed by atoms with Crippen molar-refractivity contribution in [3.63, 3.8) is 0 Å². The molecule has 0 saturated carbocycles. The fraction of sp³-hybridized carbons (Fsp3) is 0.0303. The molecule has 15 heteroatoms. The molecular formula is C33H25N5NaO7S2+. The maximum Gasteiger partial charge on any atom is 1.00 e. The molecule has 0 aliphatic carbocycles. The number of aromatic hydroxyl groups is 1. The average Bonchev–Trinajstić information content (AvgIpc) is 3.03. The van der Waals surface area contributed by atoms with Gasteiger partial charge in [0, 0.05) is 27.5 Å². The number of hydrogen-bond donors (Lipinski definition) is 4. The van der Waals surface area contributed by atoms with Crippen LogP contribution in [0.1, 0.15) is 5.56 Å². The molecule has 0 fully saturated rings. The Kier molecular flexibility index (Phi) is 10.1. The molecule has 0 atom stereocenters. The van der Waals surface area contributed by atoms with Crippen molar-refractivity contribution in [2.75, 3.05) is 5.32 Å². The Labute approximate surface area is 297 Å². The summed E-state index contributed by atoms with van der Waals surface area (Å²) in [4.78, 5) is -1.13. The smallest absolute Gasteiger partial charge is 0.505 e. The van der Waals surface area contributed by atoms with Crippen molar-refractivity contribution in [1.82, 2.24) is 0 Å². The van der Waals surface area contributed by atoms with Gasteiger partial charge in [-0.2, -0.15) is 21.9 Å². The summed E-state index contributed by atoms with van der Waals surface area (Å²) in [5, 5.41) is 32.1. The van der Waals surface area contributed by atoms with Gasteiger partial charge in [0.1, 0.15) is 10.6 Å². The summed E-state index contributed by atoms with van der Waals surface area (Å²) in [7, 11) is -9.52. The molecule has 0 heterocycles. The normalized spacial score (nSPS) is 12.1. The number of rotatable bonds is 8. The third-order valence-corrected chi connectivity index (χ3v) is 8.91. The van der Waals surface area contributed by atoms with Crippen LogP contribution in [0.3, 0.4) is 0 Å². The molecule has 0 aliphatic heterocycles. The monoisotopic (exact) mass is 690 g/mol. The number of fused-ring (bicyclic) bond motifs is 2. The summed E-state index contributed by atoms with van der Waals surface area (Å²) in [6.45, 7) is 1.94. The van der Waals surface area contributed by atoms with E-state index in [1.165, 1.54) is 18.2 Å². The number of nitrogens with zero attached hydrogens (tertiary/aromatic N) is 4. The number of azo groups is 2. The number of anilines is 2. The molecule has 0 bridgehead atoms. The van der Waals surface area contributed by atoms with Crippen LogP contribution in [0.4, 0.5) is 34.1 Å². The van der Waals surface area contributed by atoms with E-state index in [4.69, 9.17) is 0 Å². The van der Waals surface area contributed by atoms with E-state index in [-0.39, 0.29) is 46.0 Å². The maximum absolute atomic E-state index is 12.5. The molecule has 0 aromatic heterocycles. The van der Waals surface area contributed by atoms with Gasteiger partial charge in [0.15, 0.2) is 5.75 Å². The van der Waals surface area contributed by atoms with E-state index in [0.29, 0.717) is 27.8 Å². The first kappa shape index (κ1) is 34.8. The summed E-state index contributed by atoms with van der Waals surface area (Å²) >= 11 is 0. The van der Waals surface area contributed by atoms with Crippen LogP contribution < -0.4 is 34.9 Å². The van der Waals surface area contributed by atoms with E-state index in [2.05, 4.69) is 25.8 Å². The number of phenolic OH excluding ortho intramolecular Hbond substituents is 1. The standard InChI is InChI=1S/C33H25N5O7S2.Na/c1-20-7-9-23(10-8-20)35-36-29-15-16-30(28-19-25(46(40,41)42)12-14-27(28)29)37-38-32-31(47(43,44)45)18-21-17-24(11-13-26(21)33(32)39)34-22-5-3-2-4-6-22;/h2-19,34,39H,1H3,(H,40,41,42)(H,43,44,45);/q;+1. The molecule has 12 nitrogen and oxygen atoms in total. The van der Waals surface area contributed by atoms with Crippen LogP contribution in [-0.2, 0) is 20.2 Å². The van der Waals surface area contributed by atoms with Crippen LogP contribution in [0.2, 0.25) is 0 Å². The SMILES string of the molecule is Cc1ccc(N=Nc2ccc(N=Nc3c(S(=O)(=O)O)cc4cc(Nc5ccccc5)ccc4c3O)c3cc(S(=O)(=O)O)ccc23)cc1.[Na+]. The molecular weight excluding hydrogens is 666 g/mol. The van der Waals surface area contributed by atoms with Crippen LogP contribution in [0.15, 0.2) is 139 Å². The summed E-state index contributed by atoms with van der Waals surface area (Å²) in [5.74, 6) is -0.559. The fourth-order valence-electron chi connectivity index (χ4n) is 4.87. The summed E-state index contributed by atoms with van der Waals surface area (Å²) < 4.78 is 68.7. The van der Waals surface area contributed by atoms with Gasteiger partial charge in [0.05, 0.1) is 22.0 Å². The minimum atomic E-state index is -4.91. The third kappa shape index (κ3) is 7.61. The van der Waals surface area contributed by atoms with Gasteiger partial charge in [-0.25, -0.2) is 0 Å². The molecule has 0 spiro atoms. The number of phenols is 1. The van der Waals surface area contributed by atoms with Crippen LogP contribution in [-0.4, -0.2) is 31.0 Å². The van der Waals surface area contributed by atoms with E-state index in [1.54, 1.807) is 36.4 Å². The molecule has 0 aliphatic rings. The number of nitrogens with one attached hydrogen (secondary N) is 1. The molecule has 6 aromatic carbocycles. The Hall–Kier alpha value is -4.54. The molecule has 4 N–H and O–H groups in total. The van der Waals surface area contributed by atoms with Gasteiger partial charge in [0.2, 0.25) is 0 Å². The molecule has 0 radical (unpaired) electrons.